The van der Waals surface area contributed by atoms with Crippen molar-refractivity contribution in [1.82, 2.24) is 4.57 Å². The first-order chi connectivity index (χ1) is 6.56. The Kier molecular flexibility index (Phi) is 2.88. The topological polar surface area (TPSA) is 45.8 Å². The maximum Gasteiger partial charge on any atom is 0.268 e. The lowest BCUT2D eigenvalue weighted by atomic mass is 10.2. The average molecular weight is 188 g/mol. The van der Waals surface area contributed by atoms with Gasteiger partial charge in [-0.1, -0.05) is 12.2 Å². The molecule has 3 nitrogen and oxygen atoms in total. The van der Waals surface area contributed by atoms with Crippen molar-refractivity contribution < 1.29 is 0 Å². The summed E-state index contributed by atoms with van der Waals surface area (Å²) in [6.07, 6.45) is 0. The number of pyridine rings is 1. The van der Waals surface area contributed by atoms with Crippen LogP contribution in [0.25, 0.3) is 0 Å². The van der Waals surface area contributed by atoms with E-state index in [4.69, 9.17) is 5.26 Å². The average Bonchev–Trinajstić information content (AvgIpc) is 2.12. The molecule has 0 atom stereocenters. The molecule has 1 aromatic rings. The molecule has 0 aliphatic rings. The van der Waals surface area contributed by atoms with Gasteiger partial charge in [0.25, 0.3) is 5.56 Å². The van der Waals surface area contributed by atoms with Crippen molar-refractivity contribution in [3.63, 3.8) is 0 Å². The molecule has 1 heterocycles. The summed E-state index contributed by atoms with van der Waals surface area (Å²) in [6.45, 7) is 7.91. The molecule has 0 amide bonds. The van der Waals surface area contributed by atoms with Gasteiger partial charge in [0, 0.05) is 12.2 Å². The van der Waals surface area contributed by atoms with Crippen LogP contribution in [0.5, 0.6) is 0 Å². The smallest absolute Gasteiger partial charge is 0.268 e. The van der Waals surface area contributed by atoms with Gasteiger partial charge in [0.15, 0.2) is 0 Å². The Balaban J connectivity index is 3.35. The van der Waals surface area contributed by atoms with Crippen LogP contribution in [0.3, 0.4) is 0 Å². The van der Waals surface area contributed by atoms with Gasteiger partial charge in [-0.25, -0.2) is 0 Å². The molecule has 1 aromatic heterocycles. The van der Waals surface area contributed by atoms with Crippen LogP contribution in [0.15, 0.2) is 29.1 Å². The zero-order chi connectivity index (χ0) is 10.7. The van der Waals surface area contributed by atoms with Gasteiger partial charge in [0.2, 0.25) is 0 Å². The second-order valence-corrected chi connectivity index (χ2v) is 3.35. The first-order valence-electron chi connectivity index (χ1n) is 4.31. The van der Waals surface area contributed by atoms with Crippen molar-refractivity contribution >= 4 is 0 Å². The third-order valence-electron chi connectivity index (χ3n) is 1.94. The summed E-state index contributed by atoms with van der Waals surface area (Å²) in [5.41, 5.74) is 1.68. The minimum atomic E-state index is -0.240. The van der Waals surface area contributed by atoms with E-state index >= 15 is 0 Å². The molecule has 0 aliphatic carbocycles. The van der Waals surface area contributed by atoms with Crippen molar-refractivity contribution in [2.45, 2.75) is 20.4 Å². The summed E-state index contributed by atoms with van der Waals surface area (Å²) in [6, 6.07) is 5.19. The normalized spacial score (nSPS) is 9.50. The third kappa shape index (κ3) is 1.91. The van der Waals surface area contributed by atoms with E-state index in [0.29, 0.717) is 6.54 Å². The van der Waals surface area contributed by atoms with Crippen LogP contribution in [-0.4, -0.2) is 4.57 Å². The van der Waals surface area contributed by atoms with Gasteiger partial charge in [-0.15, -0.1) is 0 Å². The zero-order valence-electron chi connectivity index (χ0n) is 8.37. The fourth-order valence-corrected chi connectivity index (χ4v) is 1.22. The first kappa shape index (κ1) is 10.3. The number of aromatic nitrogens is 1. The number of nitriles is 1. The van der Waals surface area contributed by atoms with Gasteiger partial charge in [-0.05, 0) is 26.0 Å². The van der Waals surface area contributed by atoms with Crippen molar-refractivity contribution in [1.29, 1.82) is 5.26 Å². The highest BCUT2D eigenvalue weighted by Gasteiger charge is 2.04. The van der Waals surface area contributed by atoms with E-state index < -0.39 is 0 Å². The predicted octanol–water partition coefficient (Wildman–Crippen LogP) is 1.60. The minimum absolute atomic E-state index is 0.178. The van der Waals surface area contributed by atoms with Crippen LogP contribution < -0.4 is 5.56 Å². The summed E-state index contributed by atoms with van der Waals surface area (Å²) in [4.78, 5) is 11.7. The van der Waals surface area contributed by atoms with E-state index in [9.17, 15) is 4.79 Å². The lowest BCUT2D eigenvalue weighted by Gasteiger charge is -2.09. The Hall–Kier alpha value is -1.82. The van der Waals surface area contributed by atoms with Gasteiger partial charge in [-0.3, -0.25) is 4.79 Å². The van der Waals surface area contributed by atoms with Crippen LogP contribution in [0.2, 0.25) is 0 Å². The Morgan fingerprint density at radius 1 is 1.64 bits per heavy atom. The Morgan fingerprint density at radius 3 is 2.79 bits per heavy atom. The van der Waals surface area contributed by atoms with E-state index in [1.165, 1.54) is 0 Å². The molecule has 0 spiro atoms. The third-order valence-corrected chi connectivity index (χ3v) is 1.94. The first-order valence-corrected chi connectivity index (χ1v) is 4.31. The minimum Gasteiger partial charge on any atom is -0.308 e. The largest absolute Gasteiger partial charge is 0.308 e. The molecule has 0 bridgehead atoms. The van der Waals surface area contributed by atoms with E-state index in [2.05, 4.69) is 6.58 Å². The van der Waals surface area contributed by atoms with Gasteiger partial charge >= 0.3 is 0 Å². The molecule has 14 heavy (non-hydrogen) atoms. The molecule has 0 aliphatic heterocycles. The van der Waals surface area contributed by atoms with Gasteiger partial charge < -0.3 is 4.57 Å². The monoisotopic (exact) mass is 188 g/mol. The number of aryl methyl sites for hydroxylation is 1. The maximum atomic E-state index is 11.7. The van der Waals surface area contributed by atoms with Crippen molar-refractivity contribution in [2.24, 2.45) is 0 Å². The van der Waals surface area contributed by atoms with E-state index in [0.717, 1.165) is 11.3 Å². The molecular formula is C11H12N2O. The Bertz CT molecular complexity index is 463. The van der Waals surface area contributed by atoms with E-state index in [1.54, 1.807) is 16.7 Å². The summed E-state index contributed by atoms with van der Waals surface area (Å²) in [5, 5.41) is 8.68. The molecule has 1 rings (SSSR count). The van der Waals surface area contributed by atoms with Gasteiger partial charge in [0.1, 0.15) is 11.6 Å². The molecule has 72 valence electrons. The van der Waals surface area contributed by atoms with Crippen LogP contribution in [0.4, 0.5) is 0 Å². The summed E-state index contributed by atoms with van der Waals surface area (Å²) in [7, 11) is 0. The highest BCUT2D eigenvalue weighted by molar-refractivity contribution is 5.27. The van der Waals surface area contributed by atoms with Gasteiger partial charge in [0.05, 0.1) is 0 Å². The molecule has 0 radical (unpaired) electrons. The van der Waals surface area contributed by atoms with E-state index in [1.807, 2.05) is 19.9 Å². The summed E-state index contributed by atoms with van der Waals surface area (Å²) in [5.74, 6) is 0. The fourth-order valence-electron chi connectivity index (χ4n) is 1.22. The molecule has 0 aromatic carbocycles. The number of hydrogen-bond acceptors (Lipinski definition) is 2. The number of allylic oxidation sites excluding steroid dienone is 1. The Morgan fingerprint density at radius 2 is 2.29 bits per heavy atom. The predicted molar refractivity (Wildman–Crippen MR) is 55.0 cm³/mol. The lowest BCUT2D eigenvalue weighted by molar-refractivity contribution is 0.718. The van der Waals surface area contributed by atoms with Crippen LogP contribution in [-0.2, 0) is 6.54 Å². The standard InChI is InChI=1S/C11H12N2O/c1-8(2)7-13-9(3)4-5-10(6-12)11(13)14/h4-5H,1,7H2,2-3H3. The second kappa shape index (κ2) is 3.93. The lowest BCUT2D eigenvalue weighted by Crippen LogP contribution is -2.24. The summed E-state index contributed by atoms with van der Waals surface area (Å²) < 4.78 is 1.56. The maximum absolute atomic E-state index is 11.7. The quantitative estimate of drug-likeness (QED) is 0.662. The molecule has 0 unspecified atom stereocenters. The SMILES string of the molecule is C=C(C)Cn1c(C)ccc(C#N)c1=O. The number of nitrogens with zero attached hydrogens (tertiary/aromatic N) is 2. The highest BCUT2D eigenvalue weighted by atomic mass is 16.1. The number of rotatable bonds is 2. The number of hydrogen-bond donors (Lipinski definition) is 0. The molecule has 0 fully saturated rings. The second-order valence-electron chi connectivity index (χ2n) is 3.35. The molecule has 0 saturated heterocycles. The zero-order valence-corrected chi connectivity index (χ0v) is 8.37. The molecular weight excluding hydrogens is 176 g/mol. The van der Waals surface area contributed by atoms with Gasteiger partial charge in [-0.2, -0.15) is 5.26 Å². The fraction of sp³-hybridized carbons (Fsp3) is 0.273. The molecule has 0 N–H and O–H groups in total. The Labute approximate surface area is 82.9 Å². The molecule has 3 heteroatoms. The molecule has 0 saturated carbocycles. The van der Waals surface area contributed by atoms with E-state index in [-0.39, 0.29) is 11.1 Å². The van der Waals surface area contributed by atoms with Crippen LogP contribution in [0.1, 0.15) is 18.2 Å². The van der Waals surface area contributed by atoms with Crippen LogP contribution >= 0.6 is 0 Å². The van der Waals surface area contributed by atoms with Crippen LogP contribution in [0, 0.1) is 18.3 Å². The highest BCUT2D eigenvalue weighted by Crippen LogP contribution is 2.00. The summed E-state index contributed by atoms with van der Waals surface area (Å²) >= 11 is 0. The van der Waals surface area contributed by atoms with Crippen molar-refractivity contribution in [2.75, 3.05) is 0 Å². The van der Waals surface area contributed by atoms with Crippen molar-refractivity contribution in [3.05, 3.63) is 45.9 Å². The van der Waals surface area contributed by atoms with Crippen molar-refractivity contribution in [3.8, 4) is 6.07 Å².